The lowest BCUT2D eigenvalue weighted by atomic mass is 10.0. The minimum atomic E-state index is -4.64. The van der Waals surface area contributed by atoms with Gasteiger partial charge in [-0.25, -0.2) is 0 Å². The summed E-state index contributed by atoms with van der Waals surface area (Å²) in [5.74, 6) is -0.804. The molecule has 9 nitrogen and oxygen atoms in total. The topological polar surface area (TPSA) is 111 Å². The average Bonchev–Trinajstić information content (AvgIpc) is 1.08. The fourth-order valence-corrected chi connectivity index (χ4v) is 14.2. The number of nitrogens with zero attached hydrogens (tertiary/aromatic N) is 1. The molecule has 0 aromatic carbocycles. The van der Waals surface area contributed by atoms with Crippen LogP contribution in [0.2, 0.25) is 0 Å². The normalized spacial score (nSPS) is 13.1. The minimum absolute atomic E-state index is 0.0267. The summed E-state index contributed by atoms with van der Waals surface area (Å²) in [6.45, 7) is 4.32. The van der Waals surface area contributed by atoms with E-state index in [-0.39, 0.29) is 32.0 Å². The van der Waals surface area contributed by atoms with Crippen LogP contribution in [0.25, 0.3) is 0 Å². The van der Waals surface area contributed by atoms with Crippen molar-refractivity contribution in [2.75, 3.05) is 47.5 Å². The molecule has 0 rings (SSSR count). The number of hydrogen-bond donors (Lipinski definition) is 0. The van der Waals surface area contributed by atoms with Crippen LogP contribution in [0.3, 0.4) is 0 Å². The molecule has 0 saturated heterocycles. The molecule has 0 aromatic heterocycles. The van der Waals surface area contributed by atoms with Crippen molar-refractivity contribution in [2.24, 2.45) is 0 Å². The number of unbranched alkanes of at least 4 members (excludes halogenated alkanes) is 63. The second-order valence-corrected chi connectivity index (χ2v) is 32.7. The predicted molar refractivity (Wildman–Crippen MR) is 425 cm³/mol. The van der Waals surface area contributed by atoms with Gasteiger partial charge in [0.2, 0.25) is 0 Å². The highest BCUT2D eigenvalue weighted by molar-refractivity contribution is 7.45. The number of carbonyl (C=O) groups is 2. The number of esters is 2. The molecular formula is C88H170NO8P. The Labute approximate surface area is 612 Å². The Hall–Kier alpha value is -1.77. The van der Waals surface area contributed by atoms with E-state index in [9.17, 15) is 19.0 Å². The van der Waals surface area contributed by atoms with E-state index in [1.807, 2.05) is 21.1 Å². The van der Waals surface area contributed by atoms with Gasteiger partial charge < -0.3 is 27.9 Å². The smallest absolute Gasteiger partial charge is 0.306 e. The molecule has 0 fully saturated rings. The van der Waals surface area contributed by atoms with Crippen LogP contribution in [0.1, 0.15) is 463 Å². The molecule has 0 spiro atoms. The second kappa shape index (κ2) is 79.3. The van der Waals surface area contributed by atoms with Crippen LogP contribution < -0.4 is 4.89 Å². The van der Waals surface area contributed by atoms with Crippen molar-refractivity contribution in [1.29, 1.82) is 0 Å². The molecule has 0 aliphatic carbocycles. The molecule has 0 saturated carbocycles. The van der Waals surface area contributed by atoms with Gasteiger partial charge in [-0.05, 0) is 70.6 Å². The van der Waals surface area contributed by atoms with Gasteiger partial charge in [0.25, 0.3) is 7.82 Å². The highest BCUT2D eigenvalue weighted by Gasteiger charge is 2.22. The van der Waals surface area contributed by atoms with Crippen molar-refractivity contribution < 1.29 is 42.1 Å². The number of ether oxygens (including phenoxy) is 2. The molecule has 10 heteroatoms. The first-order valence-electron chi connectivity index (χ1n) is 43.7. The van der Waals surface area contributed by atoms with Crippen LogP contribution in [0.4, 0.5) is 0 Å². The summed E-state index contributed by atoms with van der Waals surface area (Å²) >= 11 is 0. The number of carbonyl (C=O) groups excluding carboxylic acids is 2. The van der Waals surface area contributed by atoms with Gasteiger partial charge in [-0.2, -0.15) is 0 Å². The number of allylic oxidation sites excluding steroid dienone is 6. The quantitative estimate of drug-likeness (QED) is 0.0195. The minimum Gasteiger partial charge on any atom is -0.756 e. The number of likely N-dealkylation sites (N-methyl/N-ethyl adjacent to an activating group) is 1. The molecule has 2 unspecified atom stereocenters. The molecule has 0 aromatic rings. The Bertz CT molecular complexity index is 1740. The molecule has 0 radical (unpaired) electrons. The van der Waals surface area contributed by atoms with Gasteiger partial charge in [-0.3, -0.25) is 14.2 Å². The maximum absolute atomic E-state index is 12.9. The van der Waals surface area contributed by atoms with Crippen molar-refractivity contribution in [3.05, 3.63) is 36.5 Å². The molecule has 0 bridgehead atoms. The molecule has 0 aliphatic heterocycles. The van der Waals surface area contributed by atoms with E-state index in [0.717, 1.165) is 38.5 Å². The van der Waals surface area contributed by atoms with Crippen LogP contribution in [-0.2, 0) is 32.7 Å². The zero-order chi connectivity index (χ0) is 71.1. The third-order valence-corrected chi connectivity index (χ3v) is 21.1. The standard InChI is InChI=1S/C88H170NO8P/c1-6-8-10-12-14-16-18-20-22-24-26-28-30-32-34-36-38-40-42-43-44-45-47-48-50-52-54-56-58-60-62-64-66-68-70-72-74-76-78-80-87(90)94-84-86(85-96-98(92,93)95-83-82-89(3,4)5)97-88(91)81-79-77-75-73-71-69-67-65-63-61-59-57-55-53-51-49-46-41-39-37-35-33-31-29-27-25-23-21-19-17-15-13-11-9-7-2/h19,21,24-27,86H,6-18,20,22-23,28-85H2,1-5H3/b21-19-,26-24-,27-25-. The first kappa shape index (κ1) is 96.2. The molecule has 0 amide bonds. The van der Waals surface area contributed by atoms with E-state index in [4.69, 9.17) is 18.5 Å². The van der Waals surface area contributed by atoms with Gasteiger partial charge in [0.05, 0.1) is 27.7 Å². The van der Waals surface area contributed by atoms with Gasteiger partial charge in [-0.15, -0.1) is 0 Å². The summed E-state index contributed by atoms with van der Waals surface area (Å²) in [6.07, 6.45) is 105. The number of quaternary nitrogens is 1. The molecule has 98 heavy (non-hydrogen) atoms. The average molecular weight is 1400 g/mol. The summed E-state index contributed by atoms with van der Waals surface area (Å²) in [5.41, 5.74) is 0. The summed E-state index contributed by atoms with van der Waals surface area (Å²) < 4.78 is 34.5. The number of hydrogen-bond acceptors (Lipinski definition) is 8. The summed E-state index contributed by atoms with van der Waals surface area (Å²) in [4.78, 5) is 38.2. The van der Waals surface area contributed by atoms with E-state index in [2.05, 4.69) is 50.3 Å². The Balaban J connectivity index is 3.85. The zero-order valence-electron chi connectivity index (χ0n) is 66.5. The second-order valence-electron chi connectivity index (χ2n) is 31.3. The fourth-order valence-electron chi connectivity index (χ4n) is 13.5. The number of rotatable bonds is 83. The van der Waals surface area contributed by atoms with Crippen molar-refractivity contribution in [1.82, 2.24) is 0 Å². The van der Waals surface area contributed by atoms with E-state index in [1.165, 1.54) is 392 Å². The van der Waals surface area contributed by atoms with Gasteiger partial charge in [-0.1, -0.05) is 416 Å². The van der Waals surface area contributed by atoms with Crippen LogP contribution in [-0.4, -0.2) is 70.0 Å². The SMILES string of the molecule is CCCCCCC/C=C\C/C=C\CCCCCCCCCCCCCCCCCCCCCCCCCC(=O)OC(COC(=O)CCCCCCCCCCCCCCCCCCCCCCCCCCCCC/C=C\CCCCCCCCCC)COP(=O)([O-])OCC[N+](C)(C)C. The molecule has 0 N–H and O–H groups in total. The highest BCUT2D eigenvalue weighted by Crippen LogP contribution is 2.38. The lowest BCUT2D eigenvalue weighted by molar-refractivity contribution is -0.870. The molecule has 580 valence electrons. The Morgan fingerprint density at radius 1 is 0.316 bits per heavy atom. The maximum atomic E-state index is 12.9. The van der Waals surface area contributed by atoms with Gasteiger partial charge in [0.15, 0.2) is 6.10 Å². The van der Waals surface area contributed by atoms with E-state index >= 15 is 0 Å². The maximum Gasteiger partial charge on any atom is 0.306 e. The number of phosphoric ester groups is 1. The summed E-state index contributed by atoms with van der Waals surface area (Å²) in [5, 5.41) is 0. The van der Waals surface area contributed by atoms with E-state index < -0.39 is 26.5 Å². The largest absolute Gasteiger partial charge is 0.756 e. The Morgan fingerprint density at radius 3 is 0.816 bits per heavy atom. The van der Waals surface area contributed by atoms with Gasteiger partial charge in [0, 0.05) is 12.8 Å². The molecule has 0 heterocycles. The van der Waals surface area contributed by atoms with Crippen LogP contribution in [0.5, 0.6) is 0 Å². The zero-order valence-corrected chi connectivity index (χ0v) is 67.4. The first-order chi connectivity index (χ1) is 48.0. The van der Waals surface area contributed by atoms with Crippen LogP contribution in [0, 0.1) is 0 Å². The van der Waals surface area contributed by atoms with E-state index in [0.29, 0.717) is 17.4 Å². The third kappa shape index (κ3) is 83.2. The van der Waals surface area contributed by atoms with Crippen molar-refractivity contribution in [3.8, 4) is 0 Å². The van der Waals surface area contributed by atoms with Gasteiger partial charge >= 0.3 is 11.9 Å². The van der Waals surface area contributed by atoms with Crippen LogP contribution in [0.15, 0.2) is 36.5 Å². The van der Waals surface area contributed by atoms with Crippen molar-refractivity contribution in [3.63, 3.8) is 0 Å². The van der Waals surface area contributed by atoms with Crippen LogP contribution >= 0.6 is 7.82 Å². The van der Waals surface area contributed by atoms with E-state index in [1.54, 1.807) is 0 Å². The molecular weight excluding hydrogens is 1230 g/mol. The Morgan fingerprint density at radius 2 is 0.551 bits per heavy atom. The summed E-state index contributed by atoms with van der Waals surface area (Å²) in [6, 6.07) is 0. The molecule has 2 atom stereocenters. The summed E-state index contributed by atoms with van der Waals surface area (Å²) in [7, 11) is 1.19. The monoisotopic (exact) mass is 1400 g/mol. The predicted octanol–water partition coefficient (Wildman–Crippen LogP) is 28.7. The lowest BCUT2D eigenvalue weighted by Gasteiger charge is -2.28. The fraction of sp³-hybridized carbons (Fsp3) is 0.909. The van der Waals surface area contributed by atoms with Crippen molar-refractivity contribution >= 4 is 19.8 Å². The lowest BCUT2D eigenvalue weighted by Crippen LogP contribution is -2.37. The first-order valence-corrected chi connectivity index (χ1v) is 45.2. The Kier molecular flexibility index (Phi) is 77.9. The van der Waals surface area contributed by atoms with Gasteiger partial charge in [0.1, 0.15) is 19.8 Å². The van der Waals surface area contributed by atoms with Crippen molar-refractivity contribution in [2.45, 2.75) is 469 Å². The molecule has 0 aliphatic rings. The number of phosphoric acid groups is 1. The highest BCUT2D eigenvalue weighted by atomic mass is 31.2. The third-order valence-electron chi connectivity index (χ3n) is 20.1.